The summed E-state index contributed by atoms with van der Waals surface area (Å²) < 4.78 is 0. The molecule has 0 spiro atoms. The van der Waals surface area contributed by atoms with Crippen molar-refractivity contribution < 1.29 is 0 Å². The topological polar surface area (TPSA) is 48.1 Å². The van der Waals surface area contributed by atoms with Crippen LogP contribution in [0.25, 0.3) is 0 Å². The van der Waals surface area contributed by atoms with Crippen molar-refractivity contribution in [3.05, 3.63) is 0 Å². The molecule has 0 rings (SSSR count). The number of hydrogen-bond donors (Lipinski definition) is 4. The first-order valence-corrected chi connectivity index (χ1v) is 4.83. The highest BCUT2D eigenvalue weighted by atomic mass is 15.4. The van der Waals surface area contributed by atoms with Gasteiger partial charge in [0.1, 0.15) is 0 Å². The molecule has 0 unspecified atom stereocenters. The van der Waals surface area contributed by atoms with Crippen LogP contribution in [0.5, 0.6) is 0 Å². The lowest BCUT2D eigenvalue weighted by atomic mass is 10.5. The van der Waals surface area contributed by atoms with E-state index >= 15 is 0 Å². The second kappa shape index (κ2) is 10.8. The Bertz CT molecular complexity index is 67.5. The van der Waals surface area contributed by atoms with Crippen LogP contribution in [0.1, 0.15) is 26.7 Å². The molecule has 0 aliphatic heterocycles. The first-order chi connectivity index (χ1) is 5.91. The third-order valence-corrected chi connectivity index (χ3v) is 1.37. The van der Waals surface area contributed by atoms with E-state index in [0.717, 1.165) is 39.0 Å². The van der Waals surface area contributed by atoms with Gasteiger partial charge >= 0.3 is 0 Å². The summed E-state index contributed by atoms with van der Waals surface area (Å²) in [5.74, 6) is 0. The van der Waals surface area contributed by atoms with Gasteiger partial charge in [-0.2, -0.15) is 0 Å². The van der Waals surface area contributed by atoms with Gasteiger partial charge in [-0.1, -0.05) is 13.8 Å². The van der Waals surface area contributed by atoms with Crippen LogP contribution in [-0.2, 0) is 0 Å². The molecule has 4 nitrogen and oxygen atoms in total. The molecular weight excluding hydrogens is 152 g/mol. The fraction of sp³-hybridized carbons (Fsp3) is 1.00. The van der Waals surface area contributed by atoms with Crippen LogP contribution >= 0.6 is 0 Å². The van der Waals surface area contributed by atoms with Gasteiger partial charge in [-0.25, -0.2) is 0 Å². The second-order valence-corrected chi connectivity index (χ2v) is 2.71. The Hall–Kier alpha value is -0.160. The minimum atomic E-state index is 0.941. The van der Waals surface area contributed by atoms with E-state index in [2.05, 4.69) is 35.6 Å². The van der Waals surface area contributed by atoms with Gasteiger partial charge in [0.25, 0.3) is 0 Å². The molecule has 12 heavy (non-hydrogen) atoms. The molecule has 0 saturated heterocycles. The maximum absolute atomic E-state index is 3.11. The Balaban J connectivity index is 2.73. The number of rotatable bonds is 9. The molecule has 0 aromatic rings. The highest BCUT2D eigenvalue weighted by molar-refractivity contribution is 4.44. The molecule has 0 bridgehead atoms. The quantitative estimate of drug-likeness (QED) is 0.293. The molecule has 0 radical (unpaired) electrons. The van der Waals surface area contributed by atoms with Gasteiger partial charge in [-0.15, -0.1) is 0 Å². The molecular formula is C8H22N4. The van der Waals surface area contributed by atoms with Crippen LogP contribution in [0.2, 0.25) is 0 Å². The van der Waals surface area contributed by atoms with Crippen LogP contribution in [0.4, 0.5) is 0 Å². The van der Waals surface area contributed by atoms with Gasteiger partial charge < -0.3 is 0 Å². The fourth-order valence-corrected chi connectivity index (χ4v) is 0.729. The van der Waals surface area contributed by atoms with Crippen molar-refractivity contribution in [2.24, 2.45) is 0 Å². The highest BCUT2D eigenvalue weighted by Crippen LogP contribution is 1.66. The monoisotopic (exact) mass is 174 g/mol. The van der Waals surface area contributed by atoms with Crippen LogP contribution < -0.4 is 21.7 Å². The SMILES string of the molecule is CCCNNCCNNCCC. The summed E-state index contributed by atoms with van der Waals surface area (Å²) in [7, 11) is 0. The molecule has 4 heteroatoms. The molecule has 0 aliphatic carbocycles. The molecule has 4 N–H and O–H groups in total. The molecule has 0 saturated carbocycles. The van der Waals surface area contributed by atoms with Crippen LogP contribution in [0.3, 0.4) is 0 Å². The van der Waals surface area contributed by atoms with Crippen molar-refractivity contribution in [3.63, 3.8) is 0 Å². The number of hydrogen-bond acceptors (Lipinski definition) is 4. The highest BCUT2D eigenvalue weighted by Gasteiger charge is 1.84. The minimum absolute atomic E-state index is 0.941. The van der Waals surface area contributed by atoms with Crippen molar-refractivity contribution in [1.82, 2.24) is 21.7 Å². The Morgan fingerprint density at radius 2 is 0.917 bits per heavy atom. The number of nitrogens with one attached hydrogen (secondary N) is 4. The first kappa shape index (κ1) is 11.8. The zero-order valence-electron chi connectivity index (χ0n) is 8.24. The van der Waals surface area contributed by atoms with Gasteiger partial charge in [-0.05, 0) is 12.8 Å². The van der Waals surface area contributed by atoms with Crippen molar-refractivity contribution in [3.8, 4) is 0 Å². The summed E-state index contributed by atoms with van der Waals surface area (Å²) in [5.41, 5.74) is 12.4. The number of hydrazine groups is 2. The molecule has 0 amide bonds. The van der Waals surface area contributed by atoms with Crippen molar-refractivity contribution >= 4 is 0 Å². The Morgan fingerprint density at radius 1 is 0.583 bits per heavy atom. The standard InChI is InChI=1S/C8H22N4/c1-3-5-9-11-7-8-12-10-6-4-2/h9-12H,3-8H2,1-2H3. The van der Waals surface area contributed by atoms with Gasteiger partial charge in [0.05, 0.1) is 0 Å². The predicted octanol–water partition coefficient (Wildman–Crippen LogP) is -0.00520. The summed E-state index contributed by atoms with van der Waals surface area (Å²) in [6.45, 7) is 8.24. The lowest BCUT2D eigenvalue weighted by molar-refractivity contribution is 0.473. The van der Waals surface area contributed by atoms with Crippen LogP contribution in [0.15, 0.2) is 0 Å². The van der Waals surface area contributed by atoms with E-state index in [1.807, 2.05) is 0 Å². The Kier molecular flexibility index (Phi) is 10.7. The maximum Gasteiger partial charge on any atom is 0.0239 e. The van der Waals surface area contributed by atoms with Crippen LogP contribution in [0, 0.1) is 0 Å². The van der Waals surface area contributed by atoms with Crippen molar-refractivity contribution in [2.75, 3.05) is 26.2 Å². The van der Waals surface area contributed by atoms with E-state index < -0.39 is 0 Å². The zero-order chi connectivity index (χ0) is 9.07. The summed E-state index contributed by atoms with van der Waals surface area (Å²) in [6.07, 6.45) is 2.32. The largest absolute Gasteiger partial charge is 0.258 e. The van der Waals surface area contributed by atoms with E-state index in [-0.39, 0.29) is 0 Å². The van der Waals surface area contributed by atoms with Crippen molar-refractivity contribution in [1.29, 1.82) is 0 Å². The molecule has 0 aromatic heterocycles. The third-order valence-electron chi connectivity index (χ3n) is 1.37. The van der Waals surface area contributed by atoms with Gasteiger partial charge in [-0.3, -0.25) is 21.7 Å². The Morgan fingerprint density at radius 3 is 1.25 bits per heavy atom. The van der Waals surface area contributed by atoms with E-state index in [1.54, 1.807) is 0 Å². The Labute approximate surface area is 75.4 Å². The van der Waals surface area contributed by atoms with Gasteiger partial charge in [0.2, 0.25) is 0 Å². The molecule has 0 heterocycles. The van der Waals surface area contributed by atoms with E-state index in [0.29, 0.717) is 0 Å². The summed E-state index contributed by atoms with van der Waals surface area (Å²) >= 11 is 0. The minimum Gasteiger partial charge on any atom is -0.258 e. The normalized spacial score (nSPS) is 10.5. The van der Waals surface area contributed by atoms with Crippen molar-refractivity contribution in [2.45, 2.75) is 26.7 Å². The second-order valence-electron chi connectivity index (χ2n) is 2.71. The van der Waals surface area contributed by atoms with E-state index in [9.17, 15) is 0 Å². The first-order valence-electron chi connectivity index (χ1n) is 4.83. The average molecular weight is 174 g/mol. The molecule has 0 aromatic carbocycles. The molecule has 74 valence electrons. The molecule has 0 fully saturated rings. The summed E-state index contributed by atoms with van der Waals surface area (Å²) in [5, 5.41) is 0. The summed E-state index contributed by atoms with van der Waals surface area (Å²) in [4.78, 5) is 0. The van der Waals surface area contributed by atoms with Crippen LogP contribution in [-0.4, -0.2) is 26.2 Å². The van der Waals surface area contributed by atoms with Gasteiger partial charge in [0, 0.05) is 26.2 Å². The molecule has 0 atom stereocenters. The lowest BCUT2D eigenvalue weighted by Gasteiger charge is -2.07. The predicted molar refractivity (Wildman–Crippen MR) is 52.6 cm³/mol. The third kappa shape index (κ3) is 9.84. The zero-order valence-corrected chi connectivity index (χ0v) is 8.24. The maximum atomic E-state index is 3.11. The van der Waals surface area contributed by atoms with E-state index in [4.69, 9.17) is 0 Å². The molecule has 0 aliphatic rings. The van der Waals surface area contributed by atoms with Gasteiger partial charge in [0.15, 0.2) is 0 Å². The van der Waals surface area contributed by atoms with E-state index in [1.165, 1.54) is 0 Å². The smallest absolute Gasteiger partial charge is 0.0239 e. The fourth-order valence-electron chi connectivity index (χ4n) is 0.729. The summed E-state index contributed by atoms with van der Waals surface area (Å²) in [6, 6.07) is 0. The average Bonchev–Trinajstić information content (AvgIpc) is 2.10. The lowest BCUT2D eigenvalue weighted by Crippen LogP contribution is -2.41.